The average molecular weight is 365 g/mol. The molecule has 0 aliphatic carbocycles. The summed E-state index contributed by atoms with van der Waals surface area (Å²) in [5.41, 5.74) is 1.02. The number of aromatic nitrogens is 6. The summed E-state index contributed by atoms with van der Waals surface area (Å²) in [6.07, 6.45) is 10.5. The Balaban J connectivity index is 1.39. The van der Waals surface area contributed by atoms with Gasteiger partial charge in [-0.1, -0.05) is 6.07 Å². The third kappa shape index (κ3) is 3.74. The SMILES string of the molecule is C[C@H](C(=O)N1CCC(c2nccn2Cc2ccccn2)CC1)n1cncn1. The molecule has 1 fully saturated rings. The lowest BCUT2D eigenvalue weighted by Crippen LogP contribution is -2.41. The number of hydrogen-bond donors (Lipinski definition) is 0. The first-order chi connectivity index (χ1) is 13.2. The van der Waals surface area contributed by atoms with E-state index >= 15 is 0 Å². The topological polar surface area (TPSA) is 81.7 Å². The molecule has 0 saturated carbocycles. The summed E-state index contributed by atoms with van der Waals surface area (Å²) in [4.78, 5) is 27.6. The van der Waals surface area contributed by atoms with Crippen molar-refractivity contribution in [3.63, 3.8) is 0 Å². The Morgan fingerprint density at radius 3 is 2.78 bits per heavy atom. The molecule has 1 atom stereocenters. The van der Waals surface area contributed by atoms with Gasteiger partial charge in [-0.25, -0.2) is 14.6 Å². The number of rotatable bonds is 5. The summed E-state index contributed by atoms with van der Waals surface area (Å²) in [7, 11) is 0. The second-order valence-corrected chi connectivity index (χ2v) is 6.89. The van der Waals surface area contributed by atoms with E-state index in [1.165, 1.54) is 6.33 Å². The van der Waals surface area contributed by atoms with Gasteiger partial charge < -0.3 is 9.47 Å². The number of pyridine rings is 1. The molecular formula is C19H23N7O. The Morgan fingerprint density at radius 1 is 1.22 bits per heavy atom. The van der Waals surface area contributed by atoms with E-state index in [9.17, 15) is 4.79 Å². The van der Waals surface area contributed by atoms with Crippen molar-refractivity contribution in [3.05, 3.63) is 61.0 Å². The zero-order valence-electron chi connectivity index (χ0n) is 15.3. The van der Waals surface area contributed by atoms with Crippen molar-refractivity contribution in [1.82, 2.24) is 34.2 Å². The van der Waals surface area contributed by atoms with Gasteiger partial charge in [-0.3, -0.25) is 9.78 Å². The zero-order valence-corrected chi connectivity index (χ0v) is 15.3. The van der Waals surface area contributed by atoms with E-state index in [1.54, 1.807) is 11.0 Å². The number of carbonyl (C=O) groups excluding carboxylic acids is 1. The lowest BCUT2D eigenvalue weighted by molar-refractivity contribution is -0.135. The van der Waals surface area contributed by atoms with Crippen molar-refractivity contribution in [1.29, 1.82) is 0 Å². The predicted molar refractivity (Wildman–Crippen MR) is 98.9 cm³/mol. The third-order valence-corrected chi connectivity index (χ3v) is 5.17. The molecule has 1 aliphatic heterocycles. The normalized spacial score (nSPS) is 16.4. The molecule has 0 radical (unpaired) electrons. The molecular weight excluding hydrogens is 342 g/mol. The first kappa shape index (κ1) is 17.4. The van der Waals surface area contributed by atoms with Gasteiger partial charge in [0.05, 0.1) is 12.2 Å². The van der Waals surface area contributed by atoms with Crippen LogP contribution in [0.15, 0.2) is 49.4 Å². The molecule has 27 heavy (non-hydrogen) atoms. The summed E-state index contributed by atoms with van der Waals surface area (Å²) in [5.74, 6) is 1.53. The molecule has 1 amide bonds. The van der Waals surface area contributed by atoms with Crippen LogP contribution in [-0.4, -0.2) is 53.2 Å². The molecule has 0 unspecified atom stereocenters. The molecule has 8 heteroatoms. The van der Waals surface area contributed by atoms with Crippen molar-refractivity contribution in [2.45, 2.75) is 38.3 Å². The van der Waals surface area contributed by atoms with Crippen molar-refractivity contribution in [3.8, 4) is 0 Å². The van der Waals surface area contributed by atoms with Gasteiger partial charge in [0.15, 0.2) is 0 Å². The average Bonchev–Trinajstić information content (AvgIpc) is 3.40. The van der Waals surface area contributed by atoms with Crippen LogP contribution in [0.5, 0.6) is 0 Å². The first-order valence-electron chi connectivity index (χ1n) is 9.26. The van der Waals surface area contributed by atoms with Gasteiger partial charge in [0.25, 0.3) is 0 Å². The fourth-order valence-electron chi connectivity index (χ4n) is 3.63. The molecule has 4 heterocycles. The number of likely N-dealkylation sites (tertiary alicyclic amines) is 1. The van der Waals surface area contributed by atoms with Crippen LogP contribution in [0, 0.1) is 0 Å². The minimum absolute atomic E-state index is 0.0933. The van der Waals surface area contributed by atoms with Gasteiger partial charge in [0, 0.05) is 37.6 Å². The van der Waals surface area contributed by atoms with Crippen LogP contribution in [0.25, 0.3) is 0 Å². The Hall–Kier alpha value is -3.03. The highest BCUT2D eigenvalue weighted by molar-refractivity contribution is 5.80. The minimum Gasteiger partial charge on any atom is -0.341 e. The maximum absolute atomic E-state index is 12.7. The lowest BCUT2D eigenvalue weighted by Gasteiger charge is -2.33. The third-order valence-electron chi connectivity index (χ3n) is 5.17. The van der Waals surface area contributed by atoms with Gasteiger partial charge in [0.1, 0.15) is 24.5 Å². The molecule has 3 aromatic heterocycles. The van der Waals surface area contributed by atoms with Gasteiger partial charge in [0.2, 0.25) is 5.91 Å². The number of piperidine rings is 1. The van der Waals surface area contributed by atoms with Crippen molar-refractivity contribution in [2.75, 3.05) is 13.1 Å². The predicted octanol–water partition coefficient (Wildman–Crippen LogP) is 1.89. The number of nitrogens with zero attached hydrogens (tertiary/aromatic N) is 7. The van der Waals surface area contributed by atoms with Crippen LogP contribution in [0.2, 0.25) is 0 Å². The Labute approximate surface area is 157 Å². The fourth-order valence-corrected chi connectivity index (χ4v) is 3.63. The summed E-state index contributed by atoms with van der Waals surface area (Å²) in [6.45, 7) is 4.05. The molecule has 0 N–H and O–H groups in total. The zero-order chi connectivity index (χ0) is 18.6. The van der Waals surface area contributed by atoms with Gasteiger partial charge >= 0.3 is 0 Å². The largest absolute Gasteiger partial charge is 0.341 e. The number of hydrogen-bond acceptors (Lipinski definition) is 5. The van der Waals surface area contributed by atoms with E-state index in [0.29, 0.717) is 5.92 Å². The molecule has 3 aromatic rings. The van der Waals surface area contributed by atoms with Crippen LogP contribution >= 0.6 is 0 Å². The van der Waals surface area contributed by atoms with Crippen LogP contribution in [0.3, 0.4) is 0 Å². The van der Waals surface area contributed by atoms with E-state index in [-0.39, 0.29) is 11.9 Å². The standard InChI is InChI=1S/C19H23N7O/c1-15(26-14-20-13-23-26)19(27)24-9-5-16(6-10-24)18-22-8-11-25(18)12-17-4-2-3-7-21-17/h2-4,7-8,11,13-16H,5-6,9-10,12H2,1H3/t15-/m1/s1. The van der Waals surface area contributed by atoms with E-state index in [1.807, 2.05) is 48.6 Å². The van der Waals surface area contributed by atoms with Crippen molar-refractivity contribution < 1.29 is 4.79 Å². The first-order valence-corrected chi connectivity index (χ1v) is 9.26. The van der Waals surface area contributed by atoms with E-state index in [2.05, 4.69) is 24.6 Å². The van der Waals surface area contributed by atoms with E-state index < -0.39 is 0 Å². The molecule has 8 nitrogen and oxygen atoms in total. The van der Waals surface area contributed by atoms with Crippen LogP contribution < -0.4 is 0 Å². The molecule has 1 saturated heterocycles. The summed E-state index contributed by atoms with van der Waals surface area (Å²) in [5, 5.41) is 4.08. The maximum atomic E-state index is 12.7. The van der Waals surface area contributed by atoms with Crippen LogP contribution in [-0.2, 0) is 11.3 Å². The molecule has 140 valence electrons. The lowest BCUT2D eigenvalue weighted by atomic mass is 9.95. The highest BCUT2D eigenvalue weighted by atomic mass is 16.2. The number of imidazole rings is 1. The maximum Gasteiger partial charge on any atom is 0.247 e. The Morgan fingerprint density at radius 2 is 2.07 bits per heavy atom. The molecule has 4 rings (SSSR count). The van der Waals surface area contributed by atoms with E-state index in [0.717, 1.165) is 44.0 Å². The molecule has 0 aromatic carbocycles. The quantitative estimate of drug-likeness (QED) is 0.690. The highest BCUT2D eigenvalue weighted by Crippen LogP contribution is 2.28. The number of carbonyl (C=O) groups is 1. The number of amides is 1. The highest BCUT2D eigenvalue weighted by Gasteiger charge is 2.29. The minimum atomic E-state index is -0.324. The van der Waals surface area contributed by atoms with Crippen LogP contribution in [0.4, 0.5) is 0 Å². The van der Waals surface area contributed by atoms with E-state index in [4.69, 9.17) is 0 Å². The van der Waals surface area contributed by atoms with Crippen molar-refractivity contribution >= 4 is 5.91 Å². The van der Waals surface area contributed by atoms with Gasteiger partial charge in [-0.2, -0.15) is 5.10 Å². The Kier molecular flexibility index (Phi) is 4.95. The van der Waals surface area contributed by atoms with Gasteiger partial charge in [-0.05, 0) is 31.9 Å². The summed E-state index contributed by atoms with van der Waals surface area (Å²) < 4.78 is 3.77. The second-order valence-electron chi connectivity index (χ2n) is 6.89. The second kappa shape index (κ2) is 7.69. The monoisotopic (exact) mass is 365 g/mol. The molecule has 0 spiro atoms. The van der Waals surface area contributed by atoms with Crippen LogP contribution in [0.1, 0.15) is 43.2 Å². The van der Waals surface area contributed by atoms with Crippen molar-refractivity contribution in [2.24, 2.45) is 0 Å². The van der Waals surface area contributed by atoms with Gasteiger partial charge in [-0.15, -0.1) is 0 Å². The smallest absolute Gasteiger partial charge is 0.247 e. The fraction of sp³-hybridized carbons (Fsp3) is 0.421. The molecule has 0 bridgehead atoms. The molecule has 1 aliphatic rings. The Bertz CT molecular complexity index is 867. The summed E-state index contributed by atoms with van der Waals surface area (Å²) >= 11 is 0. The summed E-state index contributed by atoms with van der Waals surface area (Å²) in [6, 6.07) is 5.62.